The van der Waals surface area contributed by atoms with Gasteiger partial charge in [-0.3, -0.25) is 0 Å². The van der Waals surface area contributed by atoms with Crippen LogP contribution in [-0.4, -0.2) is 10.9 Å². The number of allylic oxidation sites excluding steroid dienone is 2. The first-order valence-corrected chi connectivity index (χ1v) is 5.93. The molecule has 0 saturated carbocycles. The molecule has 3 atom stereocenters. The molecule has 66 valence electrons. The van der Waals surface area contributed by atoms with Crippen molar-refractivity contribution in [1.29, 1.82) is 0 Å². The molecule has 1 nitrogen and oxygen atoms in total. The first-order chi connectivity index (χ1) is 5.77. The summed E-state index contributed by atoms with van der Waals surface area (Å²) in [5.74, 6) is 0.719. The zero-order chi connectivity index (χ0) is 8.55. The molecule has 0 amide bonds. The quantitative estimate of drug-likeness (QED) is 0.411. The maximum Gasteiger partial charge on any atom is 0.0755 e. The minimum Gasteiger partial charge on any atom is -0.373 e. The van der Waals surface area contributed by atoms with Crippen molar-refractivity contribution in [3.05, 3.63) is 22.8 Å². The molecule has 2 unspecified atom stereocenters. The monoisotopic (exact) mass is 291 g/mol. The van der Waals surface area contributed by atoms with Gasteiger partial charge in [-0.15, -0.1) is 0 Å². The SMILES string of the molecule is BrC1=CC(Br)C2CCC=C[C@@H]2N1. The van der Waals surface area contributed by atoms with E-state index in [2.05, 4.69) is 55.4 Å². The van der Waals surface area contributed by atoms with Crippen molar-refractivity contribution in [3.8, 4) is 0 Å². The van der Waals surface area contributed by atoms with Crippen molar-refractivity contribution >= 4 is 31.9 Å². The van der Waals surface area contributed by atoms with Gasteiger partial charge in [-0.05, 0) is 40.8 Å². The first kappa shape index (κ1) is 8.82. The van der Waals surface area contributed by atoms with Crippen LogP contribution >= 0.6 is 31.9 Å². The minimum atomic E-state index is 0.516. The Bertz CT molecular complexity index is 235. The van der Waals surface area contributed by atoms with Gasteiger partial charge in [0.15, 0.2) is 0 Å². The van der Waals surface area contributed by atoms with Crippen LogP contribution < -0.4 is 5.32 Å². The molecular weight excluding hydrogens is 282 g/mol. The molecule has 0 fully saturated rings. The van der Waals surface area contributed by atoms with E-state index in [0.29, 0.717) is 10.9 Å². The van der Waals surface area contributed by atoms with Gasteiger partial charge in [0.25, 0.3) is 0 Å². The largest absolute Gasteiger partial charge is 0.373 e. The minimum absolute atomic E-state index is 0.516. The zero-order valence-corrected chi connectivity index (χ0v) is 9.81. The van der Waals surface area contributed by atoms with E-state index in [1.165, 1.54) is 12.8 Å². The molecule has 1 N–H and O–H groups in total. The molecule has 1 aliphatic heterocycles. The van der Waals surface area contributed by atoms with Gasteiger partial charge in [0, 0.05) is 10.9 Å². The van der Waals surface area contributed by atoms with Gasteiger partial charge in [-0.1, -0.05) is 28.1 Å². The number of nitrogens with one attached hydrogen (secondary N) is 1. The molecule has 1 aliphatic carbocycles. The lowest BCUT2D eigenvalue weighted by atomic mass is 9.85. The van der Waals surface area contributed by atoms with Crippen molar-refractivity contribution in [2.45, 2.75) is 23.7 Å². The van der Waals surface area contributed by atoms with Crippen molar-refractivity contribution in [2.24, 2.45) is 5.92 Å². The summed E-state index contributed by atoms with van der Waals surface area (Å²) in [5, 5.41) is 3.41. The van der Waals surface area contributed by atoms with Gasteiger partial charge >= 0.3 is 0 Å². The summed E-state index contributed by atoms with van der Waals surface area (Å²) in [6, 6.07) is 0.516. The van der Waals surface area contributed by atoms with E-state index >= 15 is 0 Å². The number of fused-ring (bicyclic) bond motifs is 1. The van der Waals surface area contributed by atoms with Crippen LogP contribution in [0.3, 0.4) is 0 Å². The van der Waals surface area contributed by atoms with E-state index in [-0.39, 0.29) is 0 Å². The summed E-state index contributed by atoms with van der Waals surface area (Å²) in [6.45, 7) is 0. The Labute approximate surface area is 89.6 Å². The van der Waals surface area contributed by atoms with Gasteiger partial charge in [0.1, 0.15) is 0 Å². The molecule has 2 aliphatic rings. The third-order valence-electron chi connectivity index (χ3n) is 2.49. The van der Waals surface area contributed by atoms with Crippen LogP contribution in [0.2, 0.25) is 0 Å². The predicted octanol–water partition coefficient (Wildman–Crippen LogP) is 2.92. The number of hydrogen-bond acceptors (Lipinski definition) is 1. The fraction of sp³-hybridized carbons (Fsp3) is 0.556. The van der Waals surface area contributed by atoms with E-state index in [0.717, 1.165) is 10.5 Å². The second kappa shape index (κ2) is 3.54. The normalized spacial score (nSPS) is 39.8. The Morgan fingerprint density at radius 1 is 1.50 bits per heavy atom. The van der Waals surface area contributed by atoms with Crippen LogP contribution in [0.4, 0.5) is 0 Å². The standard InChI is InChI=1S/C9H11Br2N/c10-7-5-9(11)12-8-4-2-1-3-6(7)8/h2,4-8,12H,1,3H2/t6?,7?,8-/m0/s1. The lowest BCUT2D eigenvalue weighted by Crippen LogP contribution is -2.42. The molecule has 1 heterocycles. The number of rotatable bonds is 0. The highest BCUT2D eigenvalue weighted by atomic mass is 79.9. The highest BCUT2D eigenvalue weighted by molar-refractivity contribution is 9.11. The molecule has 12 heavy (non-hydrogen) atoms. The van der Waals surface area contributed by atoms with E-state index < -0.39 is 0 Å². The third-order valence-corrected chi connectivity index (χ3v) is 3.93. The van der Waals surface area contributed by atoms with Gasteiger partial charge in [0.05, 0.1) is 4.61 Å². The molecule has 0 aromatic rings. The van der Waals surface area contributed by atoms with E-state index in [1.807, 2.05) is 0 Å². The lowest BCUT2D eigenvalue weighted by molar-refractivity contribution is 0.393. The Hall–Kier alpha value is 0.240. The fourth-order valence-corrected chi connectivity index (χ4v) is 3.60. The van der Waals surface area contributed by atoms with Crippen molar-refractivity contribution < 1.29 is 0 Å². The fourth-order valence-electron chi connectivity index (χ4n) is 1.84. The second-order valence-electron chi connectivity index (χ2n) is 3.30. The molecule has 0 aromatic carbocycles. The Morgan fingerprint density at radius 3 is 3.17 bits per heavy atom. The Kier molecular flexibility index (Phi) is 2.60. The highest BCUT2D eigenvalue weighted by Crippen LogP contribution is 2.32. The number of halogens is 2. The van der Waals surface area contributed by atoms with E-state index in [1.54, 1.807) is 0 Å². The molecule has 3 heteroatoms. The Balaban J connectivity index is 2.20. The number of hydrogen-bond donors (Lipinski definition) is 1. The molecule has 0 bridgehead atoms. The summed E-state index contributed by atoms with van der Waals surface area (Å²) in [7, 11) is 0. The molecular formula is C9H11Br2N. The van der Waals surface area contributed by atoms with Crippen LogP contribution in [0.25, 0.3) is 0 Å². The van der Waals surface area contributed by atoms with Crippen LogP contribution in [0.5, 0.6) is 0 Å². The average molecular weight is 293 g/mol. The maximum absolute atomic E-state index is 3.69. The van der Waals surface area contributed by atoms with Crippen molar-refractivity contribution in [1.82, 2.24) is 5.32 Å². The summed E-state index contributed by atoms with van der Waals surface area (Å²) in [6.07, 6.45) is 9.23. The van der Waals surface area contributed by atoms with E-state index in [4.69, 9.17) is 0 Å². The Morgan fingerprint density at radius 2 is 2.33 bits per heavy atom. The van der Waals surface area contributed by atoms with Crippen molar-refractivity contribution in [2.75, 3.05) is 0 Å². The van der Waals surface area contributed by atoms with Gasteiger partial charge in [0.2, 0.25) is 0 Å². The third kappa shape index (κ3) is 1.62. The van der Waals surface area contributed by atoms with Crippen LogP contribution in [-0.2, 0) is 0 Å². The topological polar surface area (TPSA) is 12.0 Å². The number of alkyl halides is 1. The van der Waals surface area contributed by atoms with Crippen LogP contribution in [0, 0.1) is 5.92 Å². The second-order valence-corrected chi connectivity index (χ2v) is 5.21. The molecule has 0 spiro atoms. The van der Waals surface area contributed by atoms with Gasteiger partial charge in [-0.2, -0.15) is 0 Å². The summed E-state index contributed by atoms with van der Waals surface area (Å²) in [4.78, 5) is 0.517. The molecule has 0 aromatic heterocycles. The maximum atomic E-state index is 3.69. The zero-order valence-electron chi connectivity index (χ0n) is 6.63. The summed E-state index contributed by atoms with van der Waals surface area (Å²) in [5.41, 5.74) is 0. The smallest absolute Gasteiger partial charge is 0.0755 e. The first-order valence-electron chi connectivity index (χ1n) is 4.22. The summed E-state index contributed by atoms with van der Waals surface area (Å²) >= 11 is 7.17. The van der Waals surface area contributed by atoms with E-state index in [9.17, 15) is 0 Å². The lowest BCUT2D eigenvalue weighted by Gasteiger charge is -2.35. The van der Waals surface area contributed by atoms with Crippen LogP contribution in [0.1, 0.15) is 12.8 Å². The van der Waals surface area contributed by atoms with Crippen LogP contribution in [0.15, 0.2) is 22.8 Å². The molecule has 0 radical (unpaired) electrons. The molecule has 0 saturated heterocycles. The molecule has 2 rings (SSSR count). The summed E-state index contributed by atoms with van der Waals surface area (Å²) < 4.78 is 1.11. The highest BCUT2D eigenvalue weighted by Gasteiger charge is 2.30. The predicted molar refractivity (Wildman–Crippen MR) is 58.5 cm³/mol. The average Bonchev–Trinajstić information content (AvgIpc) is 2.04. The van der Waals surface area contributed by atoms with Crippen molar-refractivity contribution in [3.63, 3.8) is 0 Å². The van der Waals surface area contributed by atoms with Gasteiger partial charge < -0.3 is 5.32 Å². The van der Waals surface area contributed by atoms with Gasteiger partial charge in [-0.25, -0.2) is 0 Å².